The molecule has 0 spiro atoms. The largest absolute Gasteiger partial charge is 0.382 e. The molecule has 0 amide bonds. The van der Waals surface area contributed by atoms with Crippen LogP contribution in [0.25, 0.3) is 0 Å². The van der Waals surface area contributed by atoms with Gasteiger partial charge < -0.3 is 11.1 Å². The maximum absolute atomic E-state index is 5.69. The van der Waals surface area contributed by atoms with Crippen LogP contribution >= 0.6 is 0 Å². The molecule has 2 aromatic rings. The summed E-state index contributed by atoms with van der Waals surface area (Å²) in [4.78, 5) is 8.19. The highest BCUT2D eigenvalue weighted by Crippen LogP contribution is 2.14. The van der Waals surface area contributed by atoms with Gasteiger partial charge >= 0.3 is 0 Å². The molecular formula is C11H12N4. The molecular weight excluding hydrogens is 188 g/mol. The van der Waals surface area contributed by atoms with Crippen LogP contribution in [0.5, 0.6) is 0 Å². The highest BCUT2D eigenvalue weighted by Gasteiger charge is 1.98. The van der Waals surface area contributed by atoms with Gasteiger partial charge in [0.15, 0.2) is 0 Å². The Labute approximate surface area is 88.2 Å². The molecule has 0 radical (unpaired) electrons. The first kappa shape index (κ1) is 9.45. The molecule has 2 heterocycles. The minimum Gasteiger partial charge on any atom is -0.382 e. The number of nitrogens with two attached hydrogens (primary N) is 1. The van der Waals surface area contributed by atoms with Gasteiger partial charge in [0.2, 0.25) is 0 Å². The molecule has 0 aromatic carbocycles. The number of nitrogen functional groups attached to an aromatic ring is 1. The van der Waals surface area contributed by atoms with Gasteiger partial charge in [-0.3, -0.25) is 4.98 Å². The molecule has 4 nitrogen and oxygen atoms in total. The van der Waals surface area contributed by atoms with Crippen LogP contribution in [0.2, 0.25) is 0 Å². The SMILES string of the molecule is Nc1ncccc1NCc1ccccn1. The van der Waals surface area contributed by atoms with Crippen LogP contribution in [-0.4, -0.2) is 9.97 Å². The second-order valence-corrected chi connectivity index (χ2v) is 3.11. The van der Waals surface area contributed by atoms with Gasteiger partial charge in [-0.05, 0) is 24.3 Å². The van der Waals surface area contributed by atoms with Gasteiger partial charge in [0.1, 0.15) is 5.82 Å². The van der Waals surface area contributed by atoms with Gasteiger partial charge in [-0.15, -0.1) is 0 Å². The highest BCUT2D eigenvalue weighted by molar-refractivity contribution is 5.60. The van der Waals surface area contributed by atoms with Crippen molar-refractivity contribution in [3.05, 3.63) is 48.4 Å². The second-order valence-electron chi connectivity index (χ2n) is 3.11. The van der Waals surface area contributed by atoms with E-state index < -0.39 is 0 Å². The first-order valence-electron chi connectivity index (χ1n) is 4.70. The first-order valence-corrected chi connectivity index (χ1v) is 4.70. The van der Waals surface area contributed by atoms with Crippen molar-refractivity contribution in [3.8, 4) is 0 Å². The molecule has 0 atom stereocenters. The highest BCUT2D eigenvalue weighted by atomic mass is 15.0. The smallest absolute Gasteiger partial charge is 0.146 e. The summed E-state index contributed by atoms with van der Waals surface area (Å²) in [7, 11) is 0. The fourth-order valence-corrected chi connectivity index (χ4v) is 1.26. The van der Waals surface area contributed by atoms with Gasteiger partial charge in [0.05, 0.1) is 17.9 Å². The molecule has 0 bridgehead atoms. The Morgan fingerprint density at radius 3 is 2.67 bits per heavy atom. The molecule has 0 saturated carbocycles. The van der Waals surface area contributed by atoms with Crippen LogP contribution in [0.15, 0.2) is 42.7 Å². The van der Waals surface area contributed by atoms with E-state index in [0.29, 0.717) is 12.4 Å². The van der Waals surface area contributed by atoms with E-state index in [9.17, 15) is 0 Å². The Morgan fingerprint density at radius 2 is 1.93 bits per heavy atom. The van der Waals surface area contributed by atoms with Crippen LogP contribution in [0.3, 0.4) is 0 Å². The van der Waals surface area contributed by atoms with Crippen molar-refractivity contribution in [2.45, 2.75) is 6.54 Å². The predicted molar refractivity (Wildman–Crippen MR) is 60.2 cm³/mol. The number of anilines is 2. The monoisotopic (exact) mass is 200 g/mol. The van der Waals surface area contributed by atoms with Crippen LogP contribution < -0.4 is 11.1 Å². The van der Waals surface area contributed by atoms with Crippen molar-refractivity contribution in [3.63, 3.8) is 0 Å². The zero-order chi connectivity index (χ0) is 10.5. The third-order valence-electron chi connectivity index (χ3n) is 2.02. The number of rotatable bonds is 3. The van der Waals surface area contributed by atoms with Gasteiger partial charge in [0.25, 0.3) is 0 Å². The lowest BCUT2D eigenvalue weighted by Crippen LogP contribution is -2.04. The summed E-state index contributed by atoms with van der Waals surface area (Å²) in [6.07, 6.45) is 3.44. The van der Waals surface area contributed by atoms with Crippen molar-refractivity contribution >= 4 is 11.5 Å². The molecule has 4 heteroatoms. The van der Waals surface area contributed by atoms with E-state index in [1.54, 1.807) is 12.4 Å². The summed E-state index contributed by atoms with van der Waals surface area (Å²) in [5, 5.41) is 3.18. The topological polar surface area (TPSA) is 63.8 Å². The Bertz CT molecular complexity index is 428. The summed E-state index contributed by atoms with van der Waals surface area (Å²) in [5.41, 5.74) is 7.50. The summed E-state index contributed by atoms with van der Waals surface area (Å²) < 4.78 is 0. The fraction of sp³-hybridized carbons (Fsp3) is 0.0909. The van der Waals surface area contributed by atoms with E-state index in [4.69, 9.17) is 5.73 Å². The molecule has 0 aliphatic heterocycles. The van der Waals surface area contributed by atoms with Gasteiger partial charge in [-0.1, -0.05) is 6.07 Å². The molecule has 76 valence electrons. The third kappa shape index (κ3) is 2.43. The zero-order valence-electron chi connectivity index (χ0n) is 8.22. The Kier molecular flexibility index (Phi) is 2.78. The van der Waals surface area contributed by atoms with Gasteiger partial charge in [-0.25, -0.2) is 4.98 Å². The van der Waals surface area contributed by atoms with Crippen LogP contribution in [-0.2, 0) is 6.54 Å². The maximum Gasteiger partial charge on any atom is 0.146 e. The predicted octanol–water partition coefficient (Wildman–Crippen LogP) is 1.67. The Hall–Kier alpha value is -2.10. The first-order chi connectivity index (χ1) is 7.36. The lowest BCUT2D eigenvalue weighted by atomic mass is 10.3. The zero-order valence-corrected chi connectivity index (χ0v) is 8.22. The number of pyridine rings is 2. The van der Waals surface area contributed by atoms with Crippen LogP contribution in [0.4, 0.5) is 11.5 Å². The van der Waals surface area contributed by atoms with Crippen molar-refractivity contribution in [2.75, 3.05) is 11.1 Å². The van der Waals surface area contributed by atoms with Gasteiger partial charge in [0, 0.05) is 12.4 Å². The quantitative estimate of drug-likeness (QED) is 0.791. The number of nitrogens with zero attached hydrogens (tertiary/aromatic N) is 2. The van der Waals surface area contributed by atoms with Crippen LogP contribution in [0.1, 0.15) is 5.69 Å². The fourth-order valence-electron chi connectivity index (χ4n) is 1.26. The van der Waals surface area contributed by atoms with E-state index >= 15 is 0 Å². The van der Waals surface area contributed by atoms with Crippen molar-refractivity contribution < 1.29 is 0 Å². The summed E-state index contributed by atoms with van der Waals surface area (Å²) in [6.45, 7) is 0.650. The van der Waals surface area contributed by atoms with E-state index in [-0.39, 0.29) is 0 Å². The molecule has 2 aromatic heterocycles. The number of hydrogen-bond acceptors (Lipinski definition) is 4. The van der Waals surface area contributed by atoms with Crippen molar-refractivity contribution in [1.82, 2.24) is 9.97 Å². The third-order valence-corrected chi connectivity index (χ3v) is 2.02. The number of nitrogens with one attached hydrogen (secondary N) is 1. The minimum absolute atomic E-state index is 0.508. The normalized spacial score (nSPS) is 9.87. The molecule has 0 aliphatic carbocycles. The standard InChI is InChI=1S/C11H12N4/c12-11-10(5-3-7-14-11)15-8-9-4-1-2-6-13-9/h1-7,15H,8H2,(H2,12,14). The number of hydrogen-bond donors (Lipinski definition) is 2. The molecule has 15 heavy (non-hydrogen) atoms. The van der Waals surface area contributed by atoms with E-state index in [0.717, 1.165) is 11.4 Å². The van der Waals surface area contributed by atoms with E-state index in [1.165, 1.54) is 0 Å². The summed E-state index contributed by atoms with van der Waals surface area (Å²) in [6, 6.07) is 9.54. The Morgan fingerprint density at radius 1 is 1.07 bits per heavy atom. The molecule has 0 aliphatic rings. The lowest BCUT2D eigenvalue weighted by molar-refractivity contribution is 1.04. The second kappa shape index (κ2) is 4.41. The van der Waals surface area contributed by atoms with Crippen LogP contribution in [0, 0.1) is 0 Å². The molecule has 3 N–H and O–H groups in total. The molecule has 0 unspecified atom stereocenters. The van der Waals surface area contributed by atoms with E-state index in [1.807, 2.05) is 30.3 Å². The lowest BCUT2D eigenvalue weighted by Gasteiger charge is -2.07. The molecule has 0 saturated heterocycles. The maximum atomic E-state index is 5.69. The average molecular weight is 200 g/mol. The van der Waals surface area contributed by atoms with Crippen molar-refractivity contribution in [2.24, 2.45) is 0 Å². The average Bonchev–Trinajstić information content (AvgIpc) is 2.29. The summed E-state index contributed by atoms with van der Waals surface area (Å²) >= 11 is 0. The van der Waals surface area contributed by atoms with E-state index in [2.05, 4.69) is 15.3 Å². The minimum atomic E-state index is 0.508. The number of aromatic nitrogens is 2. The molecule has 2 rings (SSSR count). The summed E-state index contributed by atoms with van der Waals surface area (Å²) in [5.74, 6) is 0.508. The van der Waals surface area contributed by atoms with Gasteiger partial charge in [-0.2, -0.15) is 0 Å². The Balaban J connectivity index is 2.03. The van der Waals surface area contributed by atoms with Crippen molar-refractivity contribution in [1.29, 1.82) is 0 Å². The molecule has 0 fully saturated rings.